The third-order valence-electron chi connectivity index (χ3n) is 1.35. The van der Waals surface area contributed by atoms with Crippen molar-refractivity contribution >= 4 is 19.2 Å². The van der Waals surface area contributed by atoms with Gasteiger partial charge in [0.05, 0.1) is 6.23 Å². The molecule has 6 heteroatoms. The Bertz CT molecular complexity index is 123. The van der Waals surface area contributed by atoms with Gasteiger partial charge in [-0.2, -0.15) is 0 Å². The smallest absolute Gasteiger partial charge is 0.365 e. The molecule has 0 aliphatic heterocycles. The standard InChI is InChI=1S/C6H16ClNO3Si/c1-4-5-6(8)11-12(7,9-2)10-3/h6H,4-5,8H2,1-3H3. The van der Waals surface area contributed by atoms with Crippen molar-refractivity contribution in [3.05, 3.63) is 0 Å². The zero-order chi connectivity index (χ0) is 9.61. The molecule has 2 N–H and O–H groups in total. The second-order valence-electron chi connectivity index (χ2n) is 2.33. The van der Waals surface area contributed by atoms with Gasteiger partial charge in [-0.3, -0.25) is 0 Å². The summed E-state index contributed by atoms with van der Waals surface area (Å²) in [4.78, 5) is 0. The van der Waals surface area contributed by atoms with E-state index in [-0.39, 0.29) is 0 Å². The molecule has 0 aromatic rings. The summed E-state index contributed by atoms with van der Waals surface area (Å²) in [6.45, 7) is 2.01. The molecule has 4 nitrogen and oxygen atoms in total. The first-order chi connectivity index (χ1) is 5.58. The van der Waals surface area contributed by atoms with Crippen molar-refractivity contribution in [2.24, 2.45) is 5.73 Å². The third kappa shape index (κ3) is 4.39. The third-order valence-corrected chi connectivity index (χ3v) is 4.11. The summed E-state index contributed by atoms with van der Waals surface area (Å²) < 4.78 is 15.0. The summed E-state index contributed by atoms with van der Waals surface area (Å²) in [6.07, 6.45) is 1.28. The van der Waals surface area contributed by atoms with E-state index >= 15 is 0 Å². The molecule has 0 rings (SSSR count). The summed E-state index contributed by atoms with van der Waals surface area (Å²) in [7, 11) is -0.0588. The fraction of sp³-hybridized carbons (Fsp3) is 1.00. The van der Waals surface area contributed by atoms with Crippen molar-refractivity contribution in [1.82, 2.24) is 0 Å². The lowest BCUT2D eigenvalue weighted by atomic mass is 10.3. The van der Waals surface area contributed by atoms with Crippen molar-refractivity contribution in [2.45, 2.75) is 26.0 Å². The topological polar surface area (TPSA) is 53.7 Å². The first-order valence-corrected chi connectivity index (χ1v) is 6.54. The lowest BCUT2D eigenvalue weighted by Gasteiger charge is -2.22. The van der Waals surface area contributed by atoms with E-state index in [9.17, 15) is 0 Å². The number of rotatable bonds is 6. The van der Waals surface area contributed by atoms with Crippen LogP contribution < -0.4 is 5.73 Å². The van der Waals surface area contributed by atoms with Crippen LogP contribution >= 0.6 is 11.1 Å². The zero-order valence-corrected chi connectivity index (χ0v) is 9.43. The highest BCUT2D eigenvalue weighted by molar-refractivity contribution is 7.09. The summed E-state index contributed by atoms with van der Waals surface area (Å²) in [5, 5.41) is 0. The predicted molar refractivity (Wildman–Crippen MR) is 49.6 cm³/mol. The molecule has 12 heavy (non-hydrogen) atoms. The highest BCUT2D eigenvalue weighted by Crippen LogP contribution is 2.14. The molecule has 74 valence electrons. The van der Waals surface area contributed by atoms with Crippen LogP contribution in [0, 0.1) is 0 Å². The van der Waals surface area contributed by atoms with Gasteiger partial charge >= 0.3 is 8.11 Å². The molecule has 0 amide bonds. The van der Waals surface area contributed by atoms with Crippen LogP contribution in [0.3, 0.4) is 0 Å². The molecule has 0 saturated heterocycles. The van der Waals surface area contributed by atoms with Crippen LogP contribution in [0.1, 0.15) is 19.8 Å². The SMILES string of the molecule is CCCC(N)O[Si](Cl)(OC)OC. The van der Waals surface area contributed by atoms with Gasteiger partial charge in [0, 0.05) is 14.2 Å². The lowest BCUT2D eigenvalue weighted by Crippen LogP contribution is -2.44. The molecule has 1 atom stereocenters. The minimum absolute atomic E-state index is 0.404. The molecule has 0 aliphatic rings. The predicted octanol–water partition coefficient (Wildman–Crippen LogP) is 1.06. The van der Waals surface area contributed by atoms with Crippen LogP contribution in [-0.4, -0.2) is 28.6 Å². The van der Waals surface area contributed by atoms with Gasteiger partial charge in [0.15, 0.2) is 0 Å². The molecule has 0 bridgehead atoms. The maximum absolute atomic E-state index is 5.83. The minimum Gasteiger partial charge on any atom is -0.365 e. The highest BCUT2D eigenvalue weighted by Gasteiger charge is 2.39. The molecule has 0 spiro atoms. The van der Waals surface area contributed by atoms with Crippen LogP contribution in [0.25, 0.3) is 0 Å². The maximum atomic E-state index is 5.83. The van der Waals surface area contributed by atoms with Crippen molar-refractivity contribution in [1.29, 1.82) is 0 Å². The zero-order valence-electron chi connectivity index (χ0n) is 7.67. The van der Waals surface area contributed by atoms with Crippen LogP contribution in [0.15, 0.2) is 0 Å². The molecule has 0 aliphatic carbocycles. The second-order valence-corrected chi connectivity index (χ2v) is 5.74. The van der Waals surface area contributed by atoms with Crippen molar-refractivity contribution in [3.8, 4) is 0 Å². The fourth-order valence-electron chi connectivity index (χ4n) is 0.704. The van der Waals surface area contributed by atoms with E-state index in [1.165, 1.54) is 14.2 Å². The number of hydrogen-bond donors (Lipinski definition) is 1. The van der Waals surface area contributed by atoms with E-state index in [0.717, 1.165) is 12.8 Å². The number of nitrogens with two attached hydrogens (primary N) is 1. The maximum Gasteiger partial charge on any atom is 0.613 e. The number of hydrogen-bond acceptors (Lipinski definition) is 4. The first kappa shape index (κ1) is 12.3. The van der Waals surface area contributed by atoms with Crippen LogP contribution in [-0.2, 0) is 13.3 Å². The Morgan fingerprint density at radius 1 is 1.42 bits per heavy atom. The Kier molecular flexibility index (Phi) is 6.07. The van der Waals surface area contributed by atoms with Crippen molar-refractivity contribution < 1.29 is 13.3 Å². The Hall–Kier alpha value is 0.347. The van der Waals surface area contributed by atoms with E-state index in [1.807, 2.05) is 6.92 Å². The molecule has 0 heterocycles. The van der Waals surface area contributed by atoms with Gasteiger partial charge in [-0.05, 0) is 6.42 Å². The van der Waals surface area contributed by atoms with E-state index in [4.69, 9.17) is 30.1 Å². The molecular weight excluding hydrogens is 198 g/mol. The van der Waals surface area contributed by atoms with Gasteiger partial charge in [0.2, 0.25) is 0 Å². The Labute approximate surface area is 79.0 Å². The van der Waals surface area contributed by atoms with Gasteiger partial charge in [-0.25, -0.2) is 0 Å². The molecule has 0 fully saturated rings. The van der Waals surface area contributed by atoms with Crippen molar-refractivity contribution in [2.75, 3.05) is 14.2 Å². The molecule has 0 radical (unpaired) electrons. The number of halogens is 1. The summed E-state index contributed by atoms with van der Waals surface area (Å²) in [5.41, 5.74) is 5.59. The van der Waals surface area contributed by atoms with E-state index in [1.54, 1.807) is 0 Å². The average molecular weight is 214 g/mol. The summed E-state index contributed by atoms with van der Waals surface area (Å²) in [6, 6.07) is 0. The summed E-state index contributed by atoms with van der Waals surface area (Å²) in [5.74, 6) is 0. The molecule has 0 aromatic carbocycles. The molecular formula is C6H16ClNO3Si. The normalized spacial score (nSPS) is 14.8. The quantitative estimate of drug-likeness (QED) is 0.407. The van der Waals surface area contributed by atoms with Crippen molar-refractivity contribution in [3.63, 3.8) is 0 Å². The Morgan fingerprint density at radius 2 is 1.92 bits per heavy atom. The highest BCUT2D eigenvalue weighted by atomic mass is 35.6. The molecule has 0 aromatic heterocycles. The Balaban J connectivity index is 3.84. The van der Waals surface area contributed by atoms with Gasteiger partial charge in [-0.15, -0.1) is 0 Å². The average Bonchev–Trinajstić information content (AvgIpc) is 2.05. The Morgan fingerprint density at radius 3 is 2.25 bits per heavy atom. The van der Waals surface area contributed by atoms with Crippen LogP contribution in [0.2, 0.25) is 0 Å². The first-order valence-electron chi connectivity index (χ1n) is 3.80. The molecule has 0 saturated carbocycles. The van der Waals surface area contributed by atoms with Gasteiger partial charge < -0.3 is 19.0 Å². The van der Waals surface area contributed by atoms with Gasteiger partial charge in [0.1, 0.15) is 0 Å². The summed E-state index contributed by atoms with van der Waals surface area (Å²) >= 11 is 5.83. The van der Waals surface area contributed by atoms with E-state index in [2.05, 4.69) is 0 Å². The monoisotopic (exact) mass is 213 g/mol. The van der Waals surface area contributed by atoms with Crippen LogP contribution in [0.4, 0.5) is 0 Å². The second kappa shape index (κ2) is 5.90. The van der Waals surface area contributed by atoms with E-state index < -0.39 is 14.3 Å². The van der Waals surface area contributed by atoms with Crippen LogP contribution in [0.5, 0.6) is 0 Å². The minimum atomic E-state index is -2.95. The lowest BCUT2D eigenvalue weighted by molar-refractivity contribution is 0.0735. The van der Waals surface area contributed by atoms with Gasteiger partial charge in [-0.1, -0.05) is 24.4 Å². The molecule has 1 unspecified atom stereocenters. The van der Waals surface area contributed by atoms with E-state index in [0.29, 0.717) is 0 Å². The van der Waals surface area contributed by atoms with Gasteiger partial charge in [0.25, 0.3) is 0 Å². The largest absolute Gasteiger partial charge is 0.613 e. The fourth-order valence-corrected chi connectivity index (χ4v) is 1.89.